The van der Waals surface area contributed by atoms with Crippen LogP contribution in [0.25, 0.3) is 0 Å². The predicted molar refractivity (Wildman–Crippen MR) is 101 cm³/mol. The van der Waals surface area contributed by atoms with Gasteiger partial charge in [0.05, 0.1) is 19.8 Å². The lowest BCUT2D eigenvalue weighted by atomic mass is 9.99. The molecule has 0 saturated carbocycles. The molecule has 2 aliphatic heterocycles. The maximum atomic E-state index is 10.2. The maximum absolute atomic E-state index is 10.2. The van der Waals surface area contributed by atoms with E-state index in [-0.39, 0.29) is 13.2 Å². The molecule has 168 valence electrons. The SMILES string of the molecule is C=CCc1ccc(OC2OC(COC3OCC(O)(CO)C3O)C(O)C(O)C2O)cc1. The quantitative estimate of drug-likeness (QED) is 0.257. The lowest BCUT2D eigenvalue weighted by Crippen LogP contribution is -2.60. The third-order valence-electron chi connectivity index (χ3n) is 5.23. The summed E-state index contributed by atoms with van der Waals surface area (Å²) in [4.78, 5) is 0. The van der Waals surface area contributed by atoms with Crippen LogP contribution in [0.1, 0.15) is 5.56 Å². The average Bonchev–Trinajstić information content (AvgIpc) is 3.04. The molecule has 1 aromatic rings. The standard InChI is InChI=1S/C20H28O10/c1-2-3-11-4-6-12(7-5-11)29-18-16(24)15(23)14(22)13(30-18)8-27-19-17(25)20(26,9-21)10-28-19/h2,4-7,13-19,21-26H,1,3,8-10H2. The second-order valence-corrected chi connectivity index (χ2v) is 7.49. The minimum Gasteiger partial charge on any atom is -0.462 e. The summed E-state index contributed by atoms with van der Waals surface area (Å²) in [6.45, 7) is 2.28. The molecule has 2 heterocycles. The number of hydrogen-bond acceptors (Lipinski definition) is 10. The van der Waals surface area contributed by atoms with Crippen LogP contribution in [0.2, 0.25) is 0 Å². The number of allylic oxidation sites excluding steroid dienone is 1. The zero-order valence-electron chi connectivity index (χ0n) is 16.3. The molecule has 0 amide bonds. The van der Waals surface area contributed by atoms with Crippen LogP contribution in [0.15, 0.2) is 36.9 Å². The van der Waals surface area contributed by atoms with E-state index in [9.17, 15) is 25.5 Å². The highest BCUT2D eigenvalue weighted by Crippen LogP contribution is 2.28. The van der Waals surface area contributed by atoms with E-state index in [1.54, 1.807) is 18.2 Å². The smallest absolute Gasteiger partial charge is 0.229 e. The Balaban J connectivity index is 1.61. The summed E-state index contributed by atoms with van der Waals surface area (Å²) in [5, 5.41) is 59.7. The minimum atomic E-state index is -1.85. The summed E-state index contributed by atoms with van der Waals surface area (Å²) in [7, 11) is 0. The van der Waals surface area contributed by atoms with Gasteiger partial charge >= 0.3 is 0 Å². The Morgan fingerprint density at radius 1 is 1.07 bits per heavy atom. The molecule has 0 radical (unpaired) electrons. The third-order valence-corrected chi connectivity index (χ3v) is 5.23. The molecule has 2 aliphatic rings. The van der Waals surface area contributed by atoms with Crippen molar-refractivity contribution in [1.82, 2.24) is 0 Å². The Morgan fingerprint density at radius 3 is 2.37 bits per heavy atom. The van der Waals surface area contributed by atoms with Gasteiger partial charge in [-0.25, -0.2) is 0 Å². The van der Waals surface area contributed by atoms with E-state index in [0.717, 1.165) is 5.56 Å². The van der Waals surface area contributed by atoms with E-state index in [4.69, 9.17) is 24.1 Å². The fourth-order valence-corrected chi connectivity index (χ4v) is 3.28. The van der Waals surface area contributed by atoms with Crippen LogP contribution < -0.4 is 4.74 Å². The van der Waals surface area contributed by atoms with Gasteiger partial charge in [0.15, 0.2) is 6.29 Å². The van der Waals surface area contributed by atoms with Crippen molar-refractivity contribution in [2.45, 2.75) is 55.1 Å². The Hall–Kier alpha value is -1.60. The van der Waals surface area contributed by atoms with Gasteiger partial charge < -0.3 is 49.6 Å². The second-order valence-electron chi connectivity index (χ2n) is 7.49. The van der Waals surface area contributed by atoms with Gasteiger partial charge in [-0.05, 0) is 24.1 Å². The number of rotatable bonds is 8. The van der Waals surface area contributed by atoms with Crippen LogP contribution in [0.3, 0.4) is 0 Å². The van der Waals surface area contributed by atoms with Crippen molar-refractivity contribution in [3.8, 4) is 5.75 Å². The molecule has 8 unspecified atom stereocenters. The van der Waals surface area contributed by atoms with Gasteiger partial charge in [0, 0.05) is 0 Å². The molecule has 6 N–H and O–H groups in total. The van der Waals surface area contributed by atoms with Crippen molar-refractivity contribution >= 4 is 0 Å². The Labute approximate surface area is 173 Å². The largest absolute Gasteiger partial charge is 0.462 e. The Bertz CT molecular complexity index is 697. The lowest BCUT2D eigenvalue weighted by molar-refractivity contribution is -0.289. The molecule has 0 bridgehead atoms. The zero-order chi connectivity index (χ0) is 21.9. The fourth-order valence-electron chi connectivity index (χ4n) is 3.28. The average molecular weight is 428 g/mol. The number of ether oxygens (including phenoxy) is 4. The summed E-state index contributed by atoms with van der Waals surface area (Å²) in [5.74, 6) is 0.387. The van der Waals surface area contributed by atoms with Gasteiger partial charge in [0.1, 0.15) is 41.9 Å². The highest BCUT2D eigenvalue weighted by Gasteiger charge is 2.50. The third kappa shape index (κ3) is 4.83. The summed E-state index contributed by atoms with van der Waals surface area (Å²) < 4.78 is 21.7. The van der Waals surface area contributed by atoms with Crippen LogP contribution in [-0.4, -0.2) is 99.2 Å². The molecule has 0 spiro atoms. The van der Waals surface area contributed by atoms with E-state index in [0.29, 0.717) is 12.2 Å². The molecule has 30 heavy (non-hydrogen) atoms. The minimum absolute atomic E-state index is 0.335. The predicted octanol–water partition coefficient (Wildman–Crippen LogP) is -1.94. The van der Waals surface area contributed by atoms with E-state index in [2.05, 4.69) is 6.58 Å². The number of hydrogen-bond donors (Lipinski definition) is 6. The van der Waals surface area contributed by atoms with E-state index >= 15 is 0 Å². The first kappa shape index (κ1) is 23.1. The molecule has 2 saturated heterocycles. The van der Waals surface area contributed by atoms with Crippen molar-refractivity contribution in [2.75, 3.05) is 19.8 Å². The summed E-state index contributed by atoms with van der Waals surface area (Å²) >= 11 is 0. The van der Waals surface area contributed by atoms with Crippen molar-refractivity contribution in [1.29, 1.82) is 0 Å². The molecule has 0 aliphatic carbocycles. The van der Waals surface area contributed by atoms with Crippen LogP contribution in [-0.2, 0) is 20.6 Å². The highest BCUT2D eigenvalue weighted by molar-refractivity contribution is 5.28. The summed E-state index contributed by atoms with van der Waals surface area (Å²) in [5.41, 5.74) is -0.835. The molecular weight excluding hydrogens is 400 g/mol. The first-order valence-electron chi connectivity index (χ1n) is 9.59. The first-order chi connectivity index (χ1) is 14.3. The Kier molecular flexibility index (Phi) is 7.45. The van der Waals surface area contributed by atoms with E-state index in [1.165, 1.54) is 0 Å². The summed E-state index contributed by atoms with van der Waals surface area (Å²) in [6, 6.07) is 6.99. The van der Waals surface area contributed by atoms with Gasteiger partial charge in [0.25, 0.3) is 0 Å². The fraction of sp³-hybridized carbons (Fsp3) is 0.600. The van der Waals surface area contributed by atoms with Crippen molar-refractivity contribution in [3.05, 3.63) is 42.5 Å². The Morgan fingerprint density at radius 2 is 1.77 bits per heavy atom. The molecule has 0 aromatic heterocycles. The van der Waals surface area contributed by atoms with Crippen LogP contribution >= 0.6 is 0 Å². The monoisotopic (exact) mass is 428 g/mol. The van der Waals surface area contributed by atoms with Crippen molar-refractivity contribution < 1.29 is 49.6 Å². The molecule has 10 heteroatoms. The molecule has 2 fully saturated rings. The normalized spacial score (nSPS) is 39.1. The molecular formula is C20H28O10. The van der Waals surface area contributed by atoms with Crippen molar-refractivity contribution in [2.24, 2.45) is 0 Å². The van der Waals surface area contributed by atoms with Gasteiger partial charge in [-0.1, -0.05) is 18.2 Å². The molecule has 8 atom stereocenters. The van der Waals surface area contributed by atoms with Crippen molar-refractivity contribution in [3.63, 3.8) is 0 Å². The number of aliphatic hydroxyl groups is 6. The number of aliphatic hydroxyl groups excluding tert-OH is 5. The van der Waals surface area contributed by atoms with Gasteiger partial charge in [-0.15, -0.1) is 6.58 Å². The van der Waals surface area contributed by atoms with E-state index < -0.39 is 55.3 Å². The molecule has 10 nitrogen and oxygen atoms in total. The second kappa shape index (κ2) is 9.69. The van der Waals surface area contributed by atoms with Gasteiger partial charge in [-0.3, -0.25) is 0 Å². The zero-order valence-corrected chi connectivity index (χ0v) is 16.3. The van der Waals surface area contributed by atoms with Gasteiger partial charge in [0.2, 0.25) is 6.29 Å². The maximum Gasteiger partial charge on any atom is 0.229 e. The van der Waals surface area contributed by atoms with E-state index in [1.807, 2.05) is 12.1 Å². The summed E-state index contributed by atoms with van der Waals surface area (Å²) in [6.07, 6.45) is -7.31. The number of benzene rings is 1. The molecule has 3 rings (SSSR count). The van der Waals surface area contributed by atoms with Crippen LogP contribution in [0.5, 0.6) is 5.75 Å². The highest BCUT2D eigenvalue weighted by atomic mass is 16.7. The van der Waals surface area contributed by atoms with Crippen LogP contribution in [0.4, 0.5) is 0 Å². The first-order valence-corrected chi connectivity index (χ1v) is 9.59. The topological polar surface area (TPSA) is 158 Å². The van der Waals surface area contributed by atoms with Gasteiger partial charge in [-0.2, -0.15) is 0 Å². The molecule has 1 aromatic carbocycles. The lowest BCUT2D eigenvalue weighted by Gasteiger charge is -2.40. The van der Waals surface area contributed by atoms with Crippen LogP contribution in [0, 0.1) is 0 Å².